The number of hydrogen-bond acceptors (Lipinski definition) is 4. The van der Waals surface area contributed by atoms with E-state index < -0.39 is 8.53 Å². The molecule has 0 aromatic carbocycles. The van der Waals surface area contributed by atoms with E-state index in [9.17, 15) is 0 Å². The van der Waals surface area contributed by atoms with Crippen molar-refractivity contribution in [2.75, 3.05) is 19.8 Å². The maximum absolute atomic E-state index is 6.92. The van der Waals surface area contributed by atoms with Crippen LogP contribution in [0.3, 0.4) is 0 Å². The average Bonchev–Trinajstić information content (AvgIpc) is 2.79. The molecule has 1 aliphatic rings. The zero-order chi connectivity index (χ0) is 16.7. The lowest BCUT2D eigenvalue weighted by atomic mass is 10.0. The zero-order valence-electron chi connectivity index (χ0n) is 14.8. The van der Waals surface area contributed by atoms with Crippen LogP contribution in [-0.4, -0.2) is 48.7 Å². The second kappa shape index (κ2) is 9.80. The van der Waals surface area contributed by atoms with Gasteiger partial charge in [0.1, 0.15) is 6.61 Å². The Hall–Kier alpha value is -0.240. The van der Waals surface area contributed by atoms with E-state index in [2.05, 4.69) is 51.1 Å². The second-order valence-corrected chi connectivity index (χ2v) is 7.75. The van der Waals surface area contributed by atoms with Crippen molar-refractivity contribution >= 4 is 8.53 Å². The molecule has 1 saturated heterocycles. The van der Waals surface area contributed by atoms with Crippen LogP contribution in [0.5, 0.6) is 0 Å². The third kappa shape index (κ3) is 5.44. The lowest BCUT2D eigenvalue weighted by Crippen LogP contribution is -2.37. The predicted molar refractivity (Wildman–Crippen MR) is 90.5 cm³/mol. The van der Waals surface area contributed by atoms with Crippen molar-refractivity contribution in [1.29, 1.82) is 0 Å². The van der Waals surface area contributed by atoms with Crippen molar-refractivity contribution in [3.05, 3.63) is 11.4 Å². The summed E-state index contributed by atoms with van der Waals surface area (Å²) in [5, 5.41) is 0. The Bertz CT molecular complexity index is 352. The monoisotopic (exact) mass is 330 g/mol. The molecule has 128 valence electrons. The highest BCUT2D eigenvalue weighted by molar-refractivity contribution is 7.44. The van der Waals surface area contributed by atoms with Gasteiger partial charge in [-0.1, -0.05) is 13.8 Å². The normalized spacial score (nSPS) is 26.8. The highest BCUT2D eigenvalue weighted by Gasteiger charge is 2.39. The quantitative estimate of drug-likeness (QED) is 0.362. The fourth-order valence-corrected chi connectivity index (χ4v) is 4.59. The van der Waals surface area contributed by atoms with Gasteiger partial charge in [-0.05, 0) is 34.1 Å². The van der Waals surface area contributed by atoms with Crippen molar-refractivity contribution in [3.63, 3.8) is 0 Å². The number of nitrogens with zero attached hydrogens (tertiary/aromatic N) is 2. The average molecular weight is 330 g/mol. The third-order valence-electron chi connectivity index (χ3n) is 3.77. The Morgan fingerprint density at radius 3 is 2.45 bits per heavy atom. The van der Waals surface area contributed by atoms with Gasteiger partial charge in [0.15, 0.2) is 0 Å². The Balaban J connectivity index is 2.82. The molecule has 5 nitrogen and oxygen atoms in total. The van der Waals surface area contributed by atoms with Gasteiger partial charge in [-0.2, -0.15) is 0 Å². The molecule has 0 saturated carbocycles. The Kier molecular flexibility index (Phi) is 8.82. The maximum atomic E-state index is 6.92. The van der Waals surface area contributed by atoms with E-state index >= 15 is 0 Å². The van der Waals surface area contributed by atoms with Crippen molar-refractivity contribution in [2.24, 2.45) is 5.92 Å². The minimum Gasteiger partial charge on any atom is -0.375 e. The van der Waals surface area contributed by atoms with Gasteiger partial charge in [0.05, 0.1) is 18.8 Å². The summed E-state index contributed by atoms with van der Waals surface area (Å²) in [5.74, 6) is 0.376. The minimum atomic E-state index is -1.17. The fourth-order valence-electron chi connectivity index (χ4n) is 2.75. The summed E-state index contributed by atoms with van der Waals surface area (Å²) in [7, 11) is -1.17. The highest BCUT2D eigenvalue weighted by Crippen LogP contribution is 2.49. The third-order valence-corrected chi connectivity index (χ3v) is 5.89. The Labute approximate surface area is 137 Å². The van der Waals surface area contributed by atoms with Crippen LogP contribution in [0.2, 0.25) is 0 Å². The van der Waals surface area contributed by atoms with E-state index in [0.717, 1.165) is 13.0 Å². The van der Waals surface area contributed by atoms with Crippen LogP contribution >= 0.6 is 8.53 Å². The standard InChI is InChI=1S/C16H31N2O3P/c1-8-15-16(14(6)11-19-15)21-22(20-10-9-17-7)18(12(2)3)13(4)5/h12-16H,8-11H2,1-6H3/t14-,15-,16?,22?/m1/s1. The summed E-state index contributed by atoms with van der Waals surface area (Å²) < 4.78 is 20.5. The molecule has 0 amide bonds. The second-order valence-electron chi connectivity index (χ2n) is 6.35. The van der Waals surface area contributed by atoms with Crippen molar-refractivity contribution in [3.8, 4) is 0 Å². The molecule has 1 heterocycles. The van der Waals surface area contributed by atoms with Crippen molar-refractivity contribution in [1.82, 2.24) is 4.67 Å². The smallest absolute Gasteiger partial charge is 0.259 e. The molecule has 6 heteroatoms. The highest BCUT2D eigenvalue weighted by atomic mass is 31.2. The van der Waals surface area contributed by atoms with Crippen molar-refractivity contribution in [2.45, 2.75) is 72.3 Å². The van der Waals surface area contributed by atoms with Gasteiger partial charge in [0.25, 0.3) is 8.53 Å². The maximum Gasteiger partial charge on any atom is 0.259 e. The van der Waals surface area contributed by atoms with Gasteiger partial charge in [0, 0.05) is 18.0 Å². The molecule has 2 unspecified atom stereocenters. The van der Waals surface area contributed by atoms with E-state index in [1.54, 1.807) is 0 Å². The van der Waals surface area contributed by atoms with E-state index in [0.29, 0.717) is 31.2 Å². The van der Waals surface area contributed by atoms with E-state index in [1.165, 1.54) is 0 Å². The topological polar surface area (TPSA) is 35.3 Å². The number of rotatable bonds is 9. The molecule has 0 aromatic heterocycles. The minimum absolute atomic E-state index is 0.0732. The van der Waals surface area contributed by atoms with E-state index in [4.69, 9.17) is 20.4 Å². The molecule has 0 radical (unpaired) electrons. The molecule has 0 aromatic rings. The Morgan fingerprint density at radius 2 is 1.95 bits per heavy atom. The molecule has 4 atom stereocenters. The predicted octanol–water partition coefficient (Wildman–Crippen LogP) is 4.10. The van der Waals surface area contributed by atoms with Crippen LogP contribution in [-0.2, 0) is 13.8 Å². The molecule has 1 aliphatic heterocycles. The molecule has 0 spiro atoms. The van der Waals surface area contributed by atoms with E-state index in [-0.39, 0.29) is 12.2 Å². The first-order chi connectivity index (χ1) is 10.4. The zero-order valence-corrected chi connectivity index (χ0v) is 15.7. The molecule has 0 aliphatic carbocycles. The van der Waals surface area contributed by atoms with Gasteiger partial charge < -0.3 is 18.6 Å². The lowest BCUT2D eigenvalue weighted by Gasteiger charge is -2.37. The molecule has 1 fully saturated rings. The number of hydrogen-bond donors (Lipinski definition) is 0. The van der Waals surface area contributed by atoms with Crippen LogP contribution in [0.15, 0.2) is 0 Å². The molecule has 22 heavy (non-hydrogen) atoms. The summed E-state index contributed by atoms with van der Waals surface area (Å²) in [4.78, 5) is 3.37. The van der Waals surface area contributed by atoms with Gasteiger partial charge in [-0.3, -0.25) is 0 Å². The van der Waals surface area contributed by atoms with Crippen LogP contribution < -0.4 is 0 Å². The molecular formula is C16H31N2O3P. The van der Waals surface area contributed by atoms with Gasteiger partial charge in [0.2, 0.25) is 6.54 Å². The summed E-state index contributed by atoms with van der Waals surface area (Å²) in [6.07, 6.45) is 1.17. The van der Waals surface area contributed by atoms with Crippen molar-refractivity contribution < 1.29 is 13.8 Å². The number of ether oxygens (including phenoxy) is 1. The fraction of sp³-hybridized carbons (Fsp3) is 0.938. The summed E-state index contributed by atoms with van der Waals surface area (Å²) in [6.45, 7) is 21.4. The van der Waals surface area contributed by atoms with E-state index in [1.807, 2.05) is 0 Å². The molecular weight excluding hydrogens is 299 g/mol. The summed E-state index contributed by atoms with van der Waals surface area (Å²) in [6, 6.07) is 0.661. The lowest BCUT2D eigenvalue weighted by molar-refractivity contribution is 0.0386. The van der Waals surface area contributed by atoms with Crippen LogP contribution in [0.4, 0.5) is 0 Å². The first-order valence-corrected chi connectivity index (χ1v) is 9.38. The van der Waals surface area contributed by atoms with Gasteiger partial charge >= 0.3 is 0 Å². The Morgan fingerprint density at radius 1 is 1.32 bits per heavy atom. The summed E-state index contributed by atoms with van der Waals surface area (Å²) in [5.41, 5.74) is 0. The van der Waals surface area contributed by atoms with Gasteiger partial charge in [-0.15, -0.1) is 0 Å². The molecule has 0 N–H and O–H groups in total. The molecule has 1 rings (SSSR count). The largest absolute Gasteiger partial charge is 0.375 e. The van der Waals surface area contributed by atoms with Gasteiger partial charge in [-0.25, -0.2) is 11.2 Å². The molecule has 0 bridgehead atoms. The van der Waals surface area contributed by atoms with Crippen LogP contribution in [0, 0.1) is 12.5 Å². The summed E-state index contributed by atoms with van der Waals surface area (Å²) >= 11 is 0. The van der Waals surface area contributed by atoms with Crippen LogP contribution in [0.25, 0.3) is 4.85 Å². The van der Waals surface area contributed by atoms with Crippen LogP contribution in [0.1, 0.15) is 48.0 Å². The first-order valence-electron chi connectivity index (χ1n) is 8.25. The SMILES string of the molecule is [C-]#[N+]CCOP(OC1[C@H](C)CO[C@@H]1CC)N(C(C)C)C(C)C. The first kappa shape index (κ1) is 19.8.